The summed E-state index contributed by atoms with van der Waals surface area (Å²) < 4.78 is 11.1. The molecule has 3 nitrogen and oxygen atoms in total. The third-order valence-corrected chi connectivity index (χ3v) is 2.53. The minimum Gasteiger partial charge on any atom is -0.464 e. The van der Waals surface area contributed by atoms with Gasteiger partial charge in [0.25, 0.3) is 0 Å². The van der Waals surface area contributed by atoms with Gasteiger partial charge in [-0.1, -0.05) is 12.1 Å². The molecule has 0 unspecified atom stereocenters. The lowest BCUT2D eigenvalue weighted by atomic mass is 10.1. The van der Waals surface area contributed by atoms with Crippen molar-refractivity contribution in [2.75, 3.05) is 0 Å². The Hall–Kier alpha value is -1.32. The molecular formula is C13H17NO2. The topological polar surface area (TPSA) is 48.4 Å². The first kappa shape index (κ1) is 11.2. The van der Waals surface area contributed by atoms with Gasteiger partial charge in [-0.3, -0.25) is 0 Å². The van der Waals surface area contributed by atoms with Crippen molar-refractivity contribution in [1.82, 2.24) is 0 Å². The summed E-state index contributed by atoms with van der Waals surface area (Å²) in [5.41, 5.74) is 8.63. The molecule has 0 radical (unpaired) electrons. The summed E-state index contributed by atoms with van der Waals surface area (Å²) in [5, 5.41) is 1.11. The fourth-order valence-corrected chi connectivity index (χ4v) is 1.62. The molecule has 0 fully saturated rings. The zero-order valence-electron chi connectivity index (χ0n) is 9.69. The van der Waals surface area contributed by atoms with Crippen molar-refractivity contribution in [2.24, 2.45) is 5.73 Å². The molecule has 0 aliphatic rings. The van der Waals surface area contributed by atoms with Gasteiger partial charge in [-0.15, -0.1) is 0 Å². The lowest BCUT2D eigenvalue weighted by molar-refractivity contribution is 0.0660. The molecule has 0 aliphatic carbocycles. The number of rotatable bonds is 4. The second-order valence-corrected chi connectivity index (χ2v) is 4.16. The van der Waals surface area contributed by atoms with Crippen LogP contribution in [0.15, 0.2) is 28.9 Å². The smallest absolute Gasteiger partial charge is 0.134 e. The van der Waals surface area contributed by atoms with Crippen molar-refractivity contribution in [2.45, 2.75) is 33.1 Å². The Labute approximate surface area is 95.2 Å². The van der Waals surface area contributed by atoms with Crippen LogP contribution in [0.1, 0.15) is 25.0 Å². The van der Waals surface area contributed by atoms with Crippen molar-refractivity contribution in [3.8, 4) is 0 Å². The number of furan rings is 1. The monoisotopic (exact) mass is 219 g/mol. The van der Waals surface area contributed by atoms with Crippen LogP contribution in [0.4, 0.5) is 0 Å². The summed E-state index contributed by atoms with van der Waals surface area (Å²) in [4.78, 5) is 0. The summed E-state index contributed by atoms with van der Waals surface area (Å²) in [5.74, 6) is 0. The highest BCUT2D eigenvalue weighted by Gasteiger charge is 2.07. The molecule has 0 saturated heterocycles. The van der Waals surface area contributed by atoms with Crippen LogP contribution in [0.2, 0.25) is 0 Å². The predicted octanol–water partition coefficient (Wildman–Crippen LogP) is 2.82. The third kappa shape index (κ3) is 2.26. The molecule has 1 aromatic heterocycles. The fourth-order valence-electron chi connectivity index (χ4n) is 1.62. The van der Waals surface area contributed by atoms with Gasteiger partial charge in [-0.2, -0.15) is 0 Å². The maximum absolute atomic E-state index is 5.58. The van der Waals surface area contributed by atoms with E-state index in [1.165, 1.54) is 0 Å². The van der Waals surface area contributed by atoms with Gasteiger partial charge >= 0.3 is 0 Å². The minimum atomic E-state index is 0.230. The van der Waals surface area contributed by atoms with Crippen LogP contribution in [0.5, 0.6) is 0 Å². The number of hydrogen-bond acceptors (Lipinski definition) is 3. The molecule has 16 heavy (non-hydrogen) atoms. The Bertz CT molecular complexity index is 474. The van der Waals surface area contributed by atoms with Gasteiger partial charge in [0.15, 0.2) is 0 Å². The average molecular weight is 219 g/mol. The summed E-state index contributed by atoms with van der Waals surface area (Å²) >= 11 is 0. The van der Waals surface area contributed by atoms with E-state index in [4.69, 9.17) is 14.9 Å². The van der Waals surface area contributed by atoms with E-state index in [1.807, 2.05) is 32.0 Å². The molecule has 3 heteroatoms. The Balaban J connectivity index is 2.27. The highest BCUT2D eigenvalue weighted by atomic mass is 16.5. The van der Waals surface area contributed by atoms with Crippen molar-refractivity contribution in [1.29, 1.82) is 0 Å². The van der Waals surface area contributed by atoms with Crippen LogP contribution < -0.4 is 5.73 Å². The molecule has 1 aromatic carbocycles. The largest absolute Gasteiger partial charge is 0.464 e. The average Bonchev–Trinajstić information content (AvgIpc) is 2.68. The van der Waals surface area contributed by atoms with E-state index >= 15 is 0 Å². The van der Waals surface area contributed by atoms with E-state index in [2.05, 4.69) is 0 Å². The Morgan fingerprint density at radius 1 is 1.38 bits per heavy atom. The molecule has 2 N–H and O–H groups in total. The first-order valence-corrected chi connectivity index (χ1v) is 5.51. The number of fused-ring (bicyclic) bond motifs is 1. The van der Waals surface area contributed by atoms with E-state index < -0.39 is 0 Å². The number of ether oxygens (including phenoxy) is 1. The van der Waals surface area contributed by atoms with Gasteiger partial charge in [-0.25, -0.2) is 0 Å². The van der Waals surface area contributed by atoms with Crippen LogP contribution in [-0.4, -0.2) is 6.10 Å². The van der Waals surface area contributed by atoms with E-state index in [1.54, 1.807) is 6.26 Å². The normalized spacial score (nSPS) is 11.5. The fraction of sp³-hybridized carbons (Fsp3) is 0.385. The van der Waals surface area contributed by atoms with Gasteiger partial charge in [0.05, 0.1) is 19.0 Å². The summed E-state index contributed by atoms with van der Waals surface area (Å²) in [6, 6.07) is 6.05. The molecule has 0 aliphatic heterocycles. The molecular weight excluding hydrogens is 202 g/mol. The molecule has 0 saturated carbocycles. The molecule has 0 atom stereocenters. The van der Waals surface area contributed by atoms with Crippen molar-refractivity contribution in [3.05, 3.63) is 35.6 Å². The standard InChI is InChI=1S/C13H17NO2/c1-9(2)15-7-11-8-16-13-5-10(6-14)3-4-12(11)13/h3-5,8-9H,6-7,14H2,1-2H3. The summed E-state index contributed by atoms with van der Waals surface area (Å²) in [7, 11) is 0. The summed E-state index contributed by atoms with van der Waals surface area (Å²) in [6.45, 7) is 5.17. The maximum Gasteiger partial charge on any atom is 0.134 e. The van der Waals surface area contributed by atoms with E-state index in [0.717, 1.165) is 22.1 Å². The molecule has 86 valence electrons. The van der Waals surface area contributed by atoms with E-state index in [9.17, 15) is 0 Å². The number of nitrogens with two attached hydrogens (primary N) is 1. The number of benzene rings is 1. The highest BCUT2D eigenvalue weighted by Crippen LogP contribution is 2.23. The first-order chi connectivity index (χ1) is 7.70. The lowest BCUT2D eigenvalue weighted by Crippen LogP contribution is -2.01. The predicted molar refractivity (Wildman–Crippen MR) is 64.0 cm³/mol. The van der Waals surface area contributed by atoms with Crippen LogP contribution in [0.25, 0.3) is 11.0 Å². The molecule has 1 heterocycles. The molecule has 2 aromatic rings. The van der Waals surface area contributed by atoms with Gasteiger partial charge in [0, 0.05) is 17.5 Å². The SMILES string of the molecule is CC(C)OCc1coc2cc(CN)ccc12. The van der Waals surface area contributed by atoms with Gasteiger partial charge in [0.2, 0.25) is 0 Å². The van der Waals surface area contributed by atoms with Gasteiger partial charge in [0.1, 0.15) is 5.58 Å². The van der Waals surface area contributed by atoms with Crippen LogP contribution >= 0.6 is 0 Å². The van der Waals surface area contributed by atoms with Crippen molar-refractivity contribution >= 4 is 11.0 Å². The van der Waals surface area contributed by atoms with Crippen LogP contribution in [0, 0.1) is 0 Å². The van der Waals surface area contributed by atoms with E-state index in [0.29, 0.717) is 13.2 Å². The Morgan fingerprint density at radius 2 is 2.19 bits per heavy atom. The first-order valence-electron chi connectivity index (χ1n) is 5.51. The summed E-state index contributed by atoms with van der Waals surface area (Å²) in [6.07, 6.45) is 1.99. The van der Waals surface area contributed by atoms with Crippen LogP contribution in [0.3, 0.4) is 0 Å². The van der Waals surface area contributed by atoms with Crippen LogP contribution in [-0.2, 0) is 17.9 Å². The molecule has 0 amide bonds. The van der Waals surface area contributed by atoms with E-state index in [-0.39, 0.29) is 6.10 Å². The maximum atomic E-state index is 5.58. The minimum absolute atomic E-state index is 0.230. The quantitative estimate of drug-likeness (QED) is 0.860. The zero-order valence-corrected chi connectivity index (χ0v) is 9.69. The molecule has 0 bridgehead atoms. The van der Waals surface area contributed by atoms with Gasteiger partial charge < -0.3 is 14.9 Å². The molecule has 0 spiro atoms. The Morgan fingerprint density at radius 3 is 2.88 bits per heavy atom. The highest BCUT2D eigenvalue weighted by molar-refractivity contribution is 5.81. The molecule has 2 rings (SSSR count). The lowest BCUT2D eigenvalue weighted by Gasteiger charge is -2.05. The zero-order chi connectivity index (χ0) is 11.5. The second kappa shape index (κ2) is 4.68. The number of hydrogen-bond donors (Lipinski definition) is 1. The Kier molecular flexibility index (Phi) is 3.27. The van der Waals surface area contributed by atoms with Gasteiger partial charge in [-0.05, 0) is 25.5 Å². The third-order valence-electron chi connectivity index (χ3n) is 2.53. The second-order valence-electron chi connectivity index (χ2n) is 4.16. The van der Waals surface area contributed by atoms with Crippen molar-refractivity contribution < 1.29 is 9.15 Å². The van der Waals surface area contributed by atoms with Crippen molar-refractivity contribution in [3.63, 3.8) is 0 Å².